The number of piperidine rings is 1. The van der Waals surface area contributed by atoms with Crippen LogP contribution >= 0.6 is 0 Å². The monoisotopic (exact) mass is 523 g/mol. The van der Waals surface area contributed by atoms with E-state index >= 15 is 8.78 Å². The third kappa shape index (κ3) is 6.84. The van der Waals surface area contributed by atoms with Crippen LogP contribution < -0.4 is 0 Å². The highest BCUT2D eigenvalue weighted by Gasteiger charge is 2.49. The predicted octanol–water partition coefficient (Wildman–Crippen LogP) is 5.90. The van der Waals surface area contributed by atoms with E-state index in [1.54, 1.807) is 50.6 Å². The summed E-state index contributed by atoms with van der Waals surface area (Å²) in [7, 11) is 0. The molecule has 2 aromatic rings. The van der Waals surface area contributed by atoms with Gasteiger partial charge in [-0.2, -0.15) is 0 Å². The summed E-state index contributed by atoms with van der Waals surface area (Å²) in [5, 5.41) is 0. The van der Waals surface area contributed by atoms with Crippen molar-refractivity contribution in [3.8, 4) is 11.3 Å². The van der Waals surface area contributed by atoms with Gasteiger partial charge in [0.15, 0.2) is 6.29 Å². The normalized spacial score (nSPS) is 22.2. The number of carbonyl (C=O) groups excluding carboxylic acids is 1. The van der Waals surface area contributed by atoms with Gasteiger partial charge < -0.3 is 23.7 Å². The first kappa shape index (κ1) is 27.4. The van der Waals surface area contributed by atoms with Crippen molar-refractivity contribution in [3.05, 3.63) is 41.6 Å². The van der Waals surface area contributed by atoms with E-state index in [4.69, 9.17) is 14.2 Å². The molecule has 1 aromatic carbocycles. The maximum absolute atomic E-state index is 15.5. The third-order valence-electron chi connectivity index (χ3n) is 6.60. The van der Waals surface area contributed by atoms with Crippen LogP contribution in [0.3, 0.4) is 0 Å². The molecule has 1 amide bonds. The van der Waals surface area contributed by atoms with E-state index in [-0.39, 0.29) is 37.5 Å². The SMILES string of the molecule is Cc1cc(-c2cn(CCOC3CCCCO3)c(C3CCN(C(=O)OC(C)(C)C)CC3(F)F)n2)ccc1F. The Kier molecular flexibility index (Phi) is 8.18. The molecule has 10 heteroatoms. The molecule has 7 nitrogen and oxygen atoms in total. The number of hydrogen-bond donors (Lipinski definition) is 0. The first-order valence-electron chi connectivity index (χ1n) is 12.9. The van der Waals surface area contributed by atoms with Crippen LogP contribution in [0, 0.1) is 12.7 Å². The first-order valence-corrected chi connectivity index (χ1v) is 12.9. The van der Waals surface area contributed by atoms with Crippen molar-refractivity contribution in [2.45, 2.75) is 83.7 Å². The number of ether oxygens (including phenoxy) is 3. The summed E-state index contributed by atoms with van der Waals surface area (Å²) in [5.41, 5.74) is 0.800. The van der Waals surface area contributed by atoms with Crippen molar-refractivity contribution in [1.82, 2.24) is 14.5 Å². The van der Waals surface area contributed by atoms with Crippen molar-refractivity contribution in [2.24, 2.45) is 0 Å². The lowest BCUT2D eigenvalue weighted by atomic mass is 9.92. The molecule has 0 bridgehead atoms. The van der Waals surface area contributed by atoms with Crippen molar-refractivity contribution >= 4 is 6.09 Å². The largest absolute Gasteiger partial charge is 0.444 e. The molecule has 0 radical (unpaired) electrons. The van der Waals surface area contributed by atoms with E-state index in [0.717, 1.165) is 24.2 Å². The molecule has 1 aromatic heterocycles. The van der Waals surface area contributed by atoms with E-state index in [1.165, 1.54) is 6.07 Å². The van der Waals surface area contributed by atoms with Gasteiger partial charge in [0.05, 0.1) is 24.8 Å². The molecule has 2 aliphatic rings. The lowest BCUT2D eigenvalue weighted by molar-refractivity contribution is -0.163. The smallest absolute Gasteiger partial charge is 0.410 e. The Morgan fingerprint density at radius 3 is 2.68 bits per heavy atom. The lowest BCUT2D eigenvalue weighted by Gasteiger charge is -2.38. The van der Waals surface area contributed by atoms with Crippen molar-refractivity contribution in [3.63, 3.8) is 0 Å². The molecule has 2 unspecified atom stereocenters. The molecule has 0 aliphatic carbocycles. The Morgan fingerprint density at radius 1 is 1.24 bits per heavy atom. The standard InChI is InChI=1S/C27H36F3N3O4/c1-18-15-19(8-9-21(18)28)22-16-32(12-14-36-23-7-5-6-13-35-23)24(31-22)20-10-11-33(17-27(20,29)30)25(34)37-26(2,3)4/h8-9,15-16,20,23H,5-7,10-14,17H2,1-4H3. The third-order valence-corrected chi connectivity index (χ3v) is 6.60. The van der Waals surface area contributed by atoms with Crippen LogP contribution in [0.25, 0.3) is 11.3 Å². The number of likely N-dealkylation sites (tertiary alicyclic amines) is 1. The highest BCUT2D eigenvalue weighted by Crippen LogP contribution is 2.41. The zero-order chi connectivity index (χ0) is 26.8. The van der Waals surface area contributed by atoms with Gasteiger partial charge in [-0.3, -0.25) is 0 Å². The van der Waals surface area contributed by atoms with Gasteiger partial charge in [-0.25, -0.2) is 22.9 Å². The maximum Gasteiger partial charge on any atom is 0.410 e. The number of aryl methyl sites for hydroxylation is 1. The molecule has 2 aliphatic heterocycles. The minimum Gasteiger partial charge on any atom is -0.444 e. The molecule has 204 valence electrons. The van der Waals surface area contributed by atoms with E-state index < -0.39 is 30.1 Å². The summed E-state index contributed by atoms with van der Waals surface area (Å²) in [6, 6.07) is 4.59. The van der Waals surface area contributed by atoms with Gasteiger partial charge in [0.2, 0.25) is 0 Å². The van der Waals surface area contributed by atoms with Crippen LogP contribution in [0.1, 0.15) is 63.8 Å². The Hall–Kier alpha value is -2.59. The van der Waals surface area contributed by atoms with Gasteiger partial charge in [-0.15, -0.1) is 0 Å². The lowest BCUT2D eigenvalue weighted by Crippen LogP contribution is -2.51. The second-order valence-corrected chi connectivity index (χ2v) is 10.8. The zero-order valence-electron chi connectivity index (χ0n) is 21.9. The Labute approximate surface area is 215 Å². The number of imidazole rings is 1. The fourth-order valence-corrected chi connectivity index (χ4v) is 4.70. The number of aromatic nitrogens is 2. The topological polar surface area (TPSA) is 65.8 Å². The molecule has 2 saturated heterocycles. The number of nitrogens with zero attached hydrogens (tertiary/aromatic N) is 3. The molecular formula is C27H36F3N3O4. The highest BCUT2D eigenvalue weighted by atomic mass is 19.3. The molecule has 4 rings (SSSR count). The maximum atomic E-state index is 15.5. The Balaban J connectivity index is 1.56. The second-order valence-electron chi connectivity index (χ2n) is 10.8. The van der Waals surface area contributed by atoms with E-state index in [0.29, 0.717) is 30.0 Å². The number of amides is 1. The quantitative estimate of drug-likeness (QED) is 0.472. The molecule has 3 heterocycles. The summed E-state index contributed by atoms with van der Waals surface area (Å²) >= 11 is 0. The van der Waals surface area contributed by atoms with Gasteiger partial charge in [-0.1, -0.05) is 0 Å². The molecule has 0 N–H and O–H groups in total. The summed E-state index contributed by atoms with van der Waals surface area (Å²) < 4.78 is 63.3. The Morgan fingerprint density at radius 2 is 2.03 bits per heavy atom. The van der Waals surface area contributed by atoms with Crippen molar-refractivity contribution in [2.75, 3.05) is 26.3 Å². The molecular weight excluding hydrogens is 487 g/mol. The van der Waals surface area contributed by atoms with Gasteiger partial charge in [0, 0.05) is 31.5 Å². The molecule has 2 atom stereocenters. The molecule has 0 saturated carbocycles. The van der Waals surface area contributed by atoms with Gasteiger partial charge in [0.25, 0.3) is 5.92 Å². The number of benzene rings is 1. The molecule has 2 fully saturated rings. The number of hydrogen-bond acceptors (Lipinski definition) is 5. The molecule has 0 spiro atoms. The Bertz CT molecular complexity index is 1090. The fourth-order valence-electron chi connectivity index (χ4n) is 4.70. The number of alkyl halides is 2. The average molecular weight is 524 g/mol. The van der Waals surface area contributed by atoms with Gasteiger partial charge >= 0.3 is 6.09 Å². The van der Waals surface area contributed by atoms with Crippen LogP contribution in [-0.2, 0) is 20.8 Å². The first-order chi connectivity index (χ1) is 17.4. The second kappa shape index (κ2) is 11.0. The summed E-state index contributed by atoms with van der Waals surface area (Å²) in [6.07, 6.45) is 3.52. The minimum atomic E-state index is -3.22. The van der Waals surface area contributed by atoms with Crippen molar-refractivity contribution < 1.29 is 32.2 Å². The van der Waals surface area contributed by atoms with Gasteiger partial charge in [0.1, 0.15) is 17.2 Å². The average Bonchev–Trinajstić information content (AvgIpc) is 3.23. The van der Waals surface area contributed by atoms with Gasteiger partial charge in [-0.05, 0) is 77.1 Å². The van der Waals surface area contributed by atoms with Crippen LogP contribution in [0.15, 0.2) is 24.4 Å². The summed E-state index contributed by atoms with van der Waals surface area (Å²) in [5.74, 6) is -4.54. The number of halogens is 3. The van der Waals surface area contributed by atoms with E-state index in [2.05, 4.69) is 4.98 Å². The van der Waals surface area contributed by atoms with Crippen LogP contribution in [0.5, 0.6) is 0 Å². The minimum absolute atomic E-state index is 0.0255. The fraction of sp³-hybridized carbons (Fsp3) is 0.630. The zero-order valence-corrected chi connectivity index (χ0v) is 21.9. The summed E-state index contributed by atoms with van der Waals surface area (Å²) in [4.78, 5) is 18.1. The molecule has 37 heavy (non-hydrogen) atoms. The van der Waals surface area contributed by atoms with E-state index in [1.807, 2.05) is 0 Å². The van der Waals surface area contributed by atoms with Crippen LogP contribution in [0.2, 0.25) is 0 Å². The number of carbonyl (C=O) groups is 1. The van der Waals surface area contributed by atoms with Crippen LogP contribution in [0.4, 0.5) is 18.0 Å². The highest BCUT2D eigenvalue weighted by molar-refractivity contribution is 5.68. The van der Waals surface area contributed by atoms with Crippen molar-refractivity contribution in [1.29, 1.82) is 0 Å². The number of rotatable bonds is 6. The van der Waals surface area contributed by atoms with Crippen LogP contribution in [-0.4, -0.2) is 64.7 Å². The summed E-state index contributed by atoms with van der Waals surface area (Å²) in [6.45, 7) is 7.36. The predicted molar refractivity (Wildman–Crippen MR) is 132 cm³/mol. The van der Waals surface area contributed by atoms with E-state index in [9.17, 15) is 9.18 Å².